The van der Waals surface area contributed by atoms with Crippen LogP contribution in [0.2, 0.25) is 5.02 Å². The Bertz CT molecular complexity index is 724. The number of aromatic nitrogens is 1. The lowest BCUT2D eigenvalue weighted by atomic mass is 10.1. The maximum Gasteiger partial charge on any atom is 0.134 e. The van der Waals surface area contributed by atoms with Crippen LogP contribution in [0.1, 0.15) is 17.4 Å². The highest BCUT2D eigenvalue weighted by Crippen LogP contribution is 2.26. The minimum absolute atomic E-state index is 0.105. The van der Waals surface area contributed by atoms with Crippen LogP contribution in [0.15, 0.2) is 65.3 Å². The Hall–Kier alpha value is -2.10. The Kier molecular flexibility index (Phi) is 4.04. The molecule has 3 nitrogen and oxygen atoms in total. The first-order chi connectivity index (χ1) is 10.2. The van der Waals surface area contributed by atoms with E-state index in [0.29, 0.717) is 11.4 Å². The normalized spacial score (nSPS) is 12.3. The van der Waals surface area contributed by atoms with Gasteiger partial charge in [0.15, 0.2) is 0 Å². The van der Waals surface area contributed by atoms with Gasteiger partial charge in [0.25, 0.3) is 0 Å². The Balaban J connectivity index is 1.76. The summed E-state index contributed by atoms with van der Waals surface area (Å²) in [4.78, 5) is 4.00. The average molecular weight is 299 g/mol. The van der Waals surface area contributed by atoms with E-state index in [9.17, 15) is 0 Å². The van der Waals surface area contributed by atoms with Gasteiger partial charge in [-0.05, 0) is 42.0 Å². The van der Waals surface area contributed by atoms with Crippen LogP contribution >= 0.6 is 11.6 Å². The molecule has 0 aliphatic rings. The topological polar surface area (TPSA) is 52.0 Å². The summed E-state index contributed by atoms with van der Waals surface area (Å²) in [6.45, 7) is 0. The van der Waals surface area contributed by atoms with Crippen molar-refractivity contribution in [2.45, 2.75) is 12.5 Å². The zero-order valence-corrected chi connectivity index (χ0v) is 12.1. The molecule has 106 valence electrons. The van der Waals surface area contributed by atoms with Crippen molar-refractivity contribution in [3.05, 3.63) is 77.3 Å². The van der Waals surface area contributed by atoms with Gasteiger partial charge in [0.2, 0.25) is 0 Å². The molecule has 4 heteroatoms. The van der Waals surface area contributed by atoms with Crippen molar-refractivity contribution in [3.8, 4) is 11.3 Å². The molecule has 3 rings (SSSR count). The lowest BCUT2D eigenvalue weighted by Gasteiger charge is -2.09. The predicted molar refractivity (Wildman–Crippen MR) is 84.0 cm³/mol. The smallest absolute Gasteiger partial charge is 0.134 e. The third-order valence-electron chi connectivity index (χ3n) is 3.33. The summed E-state index contributed by atoms with van der Waals surface area (Å²) in [5.41, 5.74) is 8.20. The predicted octanol–water partition coefficient (Wildman–Crippen LogP) is 4.24. The molecule has 0 fully saturated rings. The second kappa shape index (κ2) is 6.12. The second-order valence-corrected chi connectivity index (χ2v) is 5.30. The second-order valence-electron chi connectivity index (χ2n) is 4.87. The molecular formula is C17H15ClN2O. The molecule has 0 radical (unpaired) electrons. The molecule has 1 aromatic carbocycles. The standard InChI is InChI=1S/C17H15ClN2O/c18-14-3-1-2-13(10-14)17-5-4-15(21-17)11-16(19)12-6-8-20-9-7-12/h1-10,16H,11,19H2. The summed E-state index contributed by atoms with van der Waals surface area (Å²) in [6, 6.07) is 15.2. The highest BCUT2D eigenvalue weighted by atomic mass is 35.5. The molecule has 21 heavy (non-hydrogen) atoms. The minimum atomic E-state index is -0.105. The average Bonchev–Trinajstić information content (AvgIpc) is 2.97. The van der Waals surface area contributed by atoms with Gasteiger partial charge in [0.1, 0.15) is 11.5 Å². The third kappa shape index (κ3) is 3.32. The van der Waals surface area contributed by atoms with E-state index in [4.69, 9.17) is 21.8 Å². The van der Waals surface area contributed by atoms with Gasteiger partial charge in [-0.3, -0.25) is 4.98 Å². The Morgan fingerprint density at radius 3 is 2.67 bits per heavy atom. The first kappa shape index (κ1) is 13.9. The van der Waals surface area contributed by atoms with Gasteiger partial charge in [-0.25, -0.2) is 0 Å². The number of benzene rings is 1. The number of nitrogens with zero attached hydrogens (tertiary/aromatic N) is 1. The number of hydrogen-bond donors (Lipinski definition) is 1. The van der Waals surface area contributed by atoms with Crippen LogP contribution in [0.3, 0.4) is 0 Å². The quantitative estimate of drug-likeness (QED) is 0.784. The van der Waals surface area contributed by atoms with E-state index >= 15 is 0 Å². The summed E-state index contributed by atoms with van der Waals surface area (Å²) in [5, 5.41) is 0.693. The molecule has 0 saturated heterocycles. The number of hydrogen-bond acceptors (Lipinski definition) is 3. The molecule has 0 amide bonds. The van der Waals surface area contributed by atoms with Gasteiger partial charge in [0.05, 0.1) is 0 Å². The molecule has 0 spiro atoms. The van der Waals surface area contributed by atoms with Crippen LogP contribution in [-0.2, 0) is 6.42 Å². The van der Waals surface area contributed by atoms with Crippen LogP contribution < -0.4 is 5.73 Å². The number of pyridine rings is 1. The summed E-state index contributed by atoms with van der Waals surface area (Å²) in [6.07, 6.45) is 4.13. The van der Waals surface area contributed by atoms with Crippen molar-refractivity contribution in [1.29, 1.82) is 0 Å². The molecule has 1 atom stereocenters. The van der Waals surface area contributed by atoms with Crippen molar-refractivity contribution in [1.82, 2.24) is 4.98 Å². The largest absolute Gasteiger partial charge is 0.461 e. The molecule has 0 saturated carbocycles. The number of rotatable bonds is 4. The fraction of sp³-hybridized carbons (Fsp3) is 0.118. The lowest BCUT2D eigenvalue weighted by Crippen LogP contribution is -2.12. The van der Waals surface area contributed by atoms with E-state index in [1.807, 2.05) is 48.5 Å². The molecule has 0 aliphatic carbocycles. The maximum absolute atomic E-state index is 6.19. The Morgan fingerprint density at radius 2 is 1.90 bits per heavy atom. The van der Waals surface area contributed by atoms with Gasteiger partial charge in [0, 0.05) is 35.4 Å². The fourth-order valence-electron chi connectivity index (χ4n) is 2.23. The van der Waals surface area contributed by atoms with Crippen molar-refractivity contribution in [3.63, 3.8) is 0 Å². The van der Waals surface area contributed by atoms with E-state index < -0.39 is 0 Å². The molecule has 2 N–H and O–H groups in total. The Morgan fingerprint density at radius 1 is 1.10 bits per heavy atom. The molecule has 2 aromatic heterocycles. The first-order valence-corrected chi connectivity index (χ1v) is 7.10. The highest BCUT2D eigenvalue weighted by molar-refractivity contribution is 6.30. The van der Waals surface area contributed by atoms with Gasteiger partial charge in [-0.2, -0.15) is 0 Å². The molecule has 1 unspecified atom stereocenters. The van der Waals surface area contributed by atoms with Gasteiger partial charge >= 0.3 is 0 Å². The van der Waals surface area contributed by atoms with E-state index in [-0.39, 0.29) is 6.04 Å². The van der Waals surface area contributed by atoms with Crippen LogP contribution in [-0.4, -0.2) is 4.98 Å². The van der Waals surface area contributed by atoms with E-state index in [1.165, 1.54) is 0 Å². The maximum atomic E-state index is 6.19. The molecule has 3 aromatic rings. The zero-order chi connectivity index (χ0) is 14.7. The van der Waals surface area contributed by atoms with Crippen LogP contribution in [0.4, 0.5) is 0 Å². The van der Waals surface area contributed by atoms with Gasteiger partial charge < -0.3 is 10.2 Å². The first-order valence-electron chi connectivity index (χ1n) is 6.72. The number of nitrogens with two attached hydrogens (primary N) is 1. The zero-order valence-electron chi connectivity index (χ0n) is 11.4. The molecule has 0 aliphatic heterocycles. The summed E-state index contributed by atoms with van der Waals surface area (Å²) < 4.78 is 5.86. The minimum Gasteiger partial charge on any atom is -0.461 e. The molecule has 0 bridgehead atoms. The Labute approximate surface area is 128 Å². The van der Waals surface area contributed by atoms with E-state index in [1.54, 1.807) is 12.4 Å². The summed E-state index contributed by atoms with van der Waals surface area (Å²) in [7, 11) is 0. The third-order valence-corrected chi connectivity index (χ3v) is 3.56. The highest BCUT2D eigenvalue weighted by Gasteiger charge is 2.11. The summed E-state index contributed by atoms with van der Waals surface area (Å²) in [5.74, 6) is 1.66. The fourth-order valence-corrected chi connectivity index (χ4v) is 2.42. The van der Waals surface area contributed by atoms with Crippen molar-refractivity contribution >= 4 is 11.6 Å². The SMILES string of the molecule is NC(Cc1ccc(-c2cccc(Cl)c2)o1)c1ccncc1. The molecule has 2 heterocycles. The van der Waals surface area contributed by atoms with Crippen molar-refractivity contribution < 1.29 is 4.42 Å². The van der Waals surface area contributed by atoms with Gasteiger partial charge in [-0.1, -0.05) is 23.7 Å². The van der Waals surface area contributed by atoms with Crippen molar-refractivity contribution in [2.24, 2.45) is 5.73 Å². The number of furan rings is 1. The molecular weight excluding hydrogens is 284 g/mol. The van der Waals surface area contributed by atoms with Crippen LogP contribution in [0, 0.1) is 0 Å². The van der Waals surface area contributed by atoms with Crippen LogP contribution in [0.5, 0.6) is 0 Å². The number of halogens is 1. The summed E-state index contributed by atoms with van der Waals surface area (Å²) >= 11 is 6.00. The van der Waals surface area contributed by atoms with E-state index in [2.05, 4.69) is 4.98 Å². The van der Waals surface area contributed by atoms with Gasteiger partial charge in [-0.15, -0.1) is 0 Å². The monoisotopic (exact) mass is 298 g/mol. The lowest BCUT2D eigenvalue weighted by molar-refractivity contribution is 0.499. The van der Waals surface area contributed by atoms with Crippen LogP contribution in [0.25, 0.3) is 11.3 Å². The van der Waals surface area contributed by atoms with E-state index in [0.717, 1.165) is 22.6 Å². The van der Waals surface area contributed by atoms with Crippen molar-refractivity contribution in [2.75, 3.05) is 0 Å².